The van der Waals surface area contributed by atoms with Crippen LogP contribution < -0.4 is 0 Å². The second-order valence-electron chi connectivity index (χ2n) is 32.8. The Labute approximate surface area is 692 Å². The van der Waals surface area contributed by atoms with E-state index in [9.17, 15) is 74.6 Å². The molecule has 18 unspecified atom stereocenters. The molecular weight excluding hydrogens is 1500 g/mol. The third kappa shape index (κ3) is 49.0. The molecule has 2 heterocycles. The minimum absolute atomic E-state index is 0.00608. The number of phosphoric acid groups is 1. The molecule has 0 aromatic carbocycles. The number of allylic oxidation sites excluding steroid dienone is 4. The number of carbonyl (C=O) groups is 4. The monoisotopic (exact) mass is 1660 g/mol. The summed E-state index contributed by atoms with van der Waals surface area (Å²) in [6.07, 6.45) is 27.6. The van der Waals surface area contributed by atoms with Crippen molar-refractivity contribution in [3.05, 3.63) is 24.3 Å². The Morgan fingerprint density at radius 3 is 1.04 bits per heavy atom. The second kappa shape index (κ2) is 68.5. The molecule has 0 bridgehead atoms. The van der Waals surface area contributed by atoms with Crippen molar-refractivity contribution in [2.45, 2.75) is 491 Å². The summed E-state index contributed by atoms with van der Waals surface area (Å²) in [5.41, 5.74) is 0. The lowest BCUT2D eigenvalue weighted by Crippen LogP contribution is -2.70. The number of phosphoric ester groups is 1. The van der Waals surface area contributed by atoms with E-state index in [0.717, 1.165) is 116 Å². The lowest BCUT2D eigenvalue weighted by atomic mass is 9.84. The van der Waals surface area contributed by atoms with Gasteiger partial charge in [-0.1, -0.05) is 309 Å². The smallest absolute Gasteiger partial charge is 0.463 e. The van der Waals surface area contributed by atoms with Crippen molar-refractivity contribution in [1.82, 2.24) is 0 Å². The van der Waals surface area contributed by atoms with Crippen molar-refractivity contribution in [1.29, 1.82) is 0 Å². The van der Waals surface area contributed by atoms with Gasteiger partial charge >= 0.3 is 31.7 Å². The van der Waals surface area contributed by atoms with E-state index in [-0.39, 0.29) is 25.7 Å². The number of unbranched alkanes of at least 4 members (excludes halogenated alkanes) is 46. The summed E-state index contributed by atoms with van der Waals surface area (Å²) in [7, 11) is -5.81. The summed E-state index contributed by atoms with van der Waals surface area (Å²) in [6, 6.07) is 0. The summed E-state index contributed by atoms with van der Waals surface area (Å²) < 4.78 is 73.3. The highest BCUT2D eigenvalue weighted by Crippen LogP contribution is 2.49. The fourth-order valence-electron chi connectivity index (χ4n) is 15.1. The Balaban J connectivity index is 1.93. The average molecular weight is 1660 g/mol. The molecule has 10 N–H and O–H groups in total. The van der Waals surface area contributed by atoms with E-state index in [1.165, 1.54) is 173 Å². The van der Waals surface area contributed by atoms with E-state index >= 15 is 0 Å². The second-order valence-corrected chi connectivity index (χ2v) is 34.2. The topological polar surface area (TPSA) is 380 Å². The van der Waals surface area contributed by atoms with E-state index in [2.05, 4.69) is 52.0 Å². The molecule has 2 aliphatic heterocycles. The molecule has 25 nitrogen and oxygen atoms in total. The van der Waals surface area contributed by atoms with Crippen LogP contribution in [0.3, 0.4) is 0 Å². The van der Waals surface area contributed by atoms with Crippen LogP contribution >= 0.6 is 7.82 Å². The van der Waals surface area contributed by atoms with E-state index in [4.69, 9.17) is 46.9 Å². The summed E-state index contributed by atoms with van der Waals surface area (Å²) in [6.45, 7) is 5.55. The largest absolute Gasteiger partial charge is 0.472 e. The maximum Gasteiger partial charge on any atom is 0.472 e. The van der Waals surface area contributed by atoms with Gasteiger partial charge in [0, 0.05) is 25.7 Å². The minimum Gasteiger partial charge on any atom is -0.463 e. The molecule has 0 spiro atoms. The minimum atomic E-state index is -5.81. The fraction of sp³-hybridized carbons (Fsp3) is 0.910. The predicted molar refractivity (Wildman–Crippen MR) is 444 cm³/mol. The van der Waals surface area contributed by atoms with Gasteiger partial charge in [-0.3, -0.25) is 28.2 Å². The summed E-state index contributed by atoms with van der Waals surface area (Å²) in [5, 5.41) is 102. The molecule has 0 radical (unpaired) electrons. The van der Waals surface area contributed by atoms with Gasteiger partial charge < -0.3 is 88.7 Å². The molecule has 0 aromatic heterocycles. The van der Waals surface area contributed by atoms with Crippen LogP contribution in [0, 0.1) is 0 Å². The van der Waals surface area contributed by atoms with Crippen LogP contribution in [0.4, 0.5) is 0 Å². The lowest BCUT2D eigenvalue weighted by molar-refractivity contribution is -0.360. The van der Waals surface area contributed by atoms with Gasteiger partial charge in [0.2, 0.25) is 0 Å². The van der Waals surface area contributed by atoms with Gasteiger partial charge in [-0.25, -0.2) is 4.57 Å². The van der Waals surface area contributed by atoms with Crippen molar-refractivity contribution < 1.29 is 122 Å². The first kappa shape index (κ1) is 106. The van der Waals surface area contributed by atoms with Gasteiger partial charge in [-0.15, -0.1) is 0 Å². The van der Waals surface area contributed by atoms with Crippen LogP contribution in [0.15, 0.2) is 24.3 Å². The zero-order valence-electron chi connectivity index (χ0n) is 71.6. The number of aliphatic hydroxyl groups excluding tert-OH is 9. The van der Waals surface area contributed by atoms with Crippen molar-refractivity contribution in [3.8, 4) is 0 Å². The molecule has 3 rings (SSSR count). The van der Waals surface area contributed by atoms with Crippen LogP contribution in [0.2, 0.25) is 0 Å². The molecule has 1 aliphatic carbocycles. The molecule has 26 heteroatoms. The first-order chi connectivity index (χ1) is 55.7. The molecule has 0 amide bonds. The number of rotatable bonds is 74. The summed E-state index contributed by atoms with van der Waals surface area (Å²) in [4.78, 5) is 66.3. The standard InChI is InChI=1S/C89H163O25P/c1-5-9-13-17-21-25-29-33-35-39-42-45-49-53-57-61-72(91)105-66-69(108-74(93)63-59-55-51-47-43-38-32-28-24-20-16-12-8-4)67-107-115(103,104)114-87-85(112-88-82(101)78(97)76(95)70(65-90)109-88)81(100)80(99)84(111-75(94)64-60-56-52-48-44-40-36-34-30-26-22-18-14-10-6-2)86(87)113-89-83(102)79(98)77(96)71(110-89)68-106-73(92)62-58-54-50-46-41-37-31-27-23-19-15-11-7-3/h37-38,41,43,69-71,76-90,95-102H,5-36,39-40,42,44-68H2,1-4H3,(H,103,104)/b41-37-,43-38-. The van der Waals surface area contributed by atoms with E-state index in [1.807, 2.05) is 0 Å². The fourth-order valence-corrected chi connectivity index (χ4v) is 16.0. The first-order valence-electron chi connectivity index (χ1n) is 46.1. The Morgan fingerprint density at radius 1 is 0.339 bits per heavy atom. The van der Waals surface area contributed by atoms with Crippen LogP contribution in [0.5, 0.6) is 0 Å². The average Bonchev–Trinajstić information content (AvgIpc) is 0.754. The van der Waals surface area contributed by atoms with Gasteiger partial charge in [0.1, 0.15) is 92.6 Å². The Morgan fingerprint density at radius 2 is 0.652 bits per heavy atom. The normalized spacial score (nSPS) is 25.3. The highest BCUT2D eigenvalue weighted by molar-refractivity contribution is 7.47. The maximum absolute atomic E-state index is 14.9. The van der Waals surface area contributed by atoms with E-state index in [0.29, 0.717) is 44.9 Å². The summed E-state index contributed by atoms with van der Waals surface area (Å²) >= 11 is 0. The Hall–Kier alpha value is -3.05. The van der Waals surface area contributed by atoms with E-state index in [1.54, 1.807) is 0 Å². The molecule has 0 aromatic rings. The van der Waals surface area contributed by atoms with Gasteiger partial charge in [0.05, 0.1) is 13.2 Å². The van der Waals surface area contributed by atoms with Gasteiger partial charge in [0.25, 0.3) is 0 Å². The molecular formula is C89H163O25P. The molecule has 18 atom stereocenters. The highest BCUT2D eigenvalue weighted by atomic mass is 31.2. The first-order valence-corrected chi connectivity index (χ1v) is 47.6. The highest BCUT2D eigenvalue weighted by Gasteiger charge is 2.60. The predicted octanol–water partition coefficient (Wildman–Crippen LogP) is 16.5. The SMILES string of the molecule is CCCCCCCC/C=C\CCCCCC(=O)OCC1OC(OC2C(OC(=O)CCCCCCCCCCCCCCCCC)C(O)C(O)C(OC3OC(CO)C(O)C(O)C3O)C2OP(=O)(O)OCC(COC(=O)CCCCCCCCCCCCCCCCC)OC(=O)CCCCC/C=C\CCCCCCCC)C(O)C(O)C1O. The van der Waals surface area contributed by atoms with E-state index < -0.39 is 162 Å². The zero-order valence-corrected chi connectivity index (χ0v) is 72.5. The van der Waals surface area contributed by atoms with Crippen molar-refractivity contribution in [3.63, 3.8) is 0 Å². The van der Waals surface area contributed by atoms with Crippen LogP contribution in [-0.2, 0) is 70.7 Å². The van der Waals surface area contributed by atoms with Gasteiger partial charge in [-0.05, 0) is 77.0 Å². The number of hydrogen-bond acceptors (Lipinski definition) is 24. The summed E-state index contributed by atoms with van der Waals surface area (Å²) in [5.74, 6) is -3.00. The lowest BCUT2D eigenvalue weighted by Gasteiger charge is -2.50. The van der Waals surface area contributed by atoms with Crippen LogP contribution in [-0.4, -0.2) is 205 Å². The molecule has 115 heavy (non-hydrogen) atoms. The number of hydrogen-bond donors (Lipinski definition) is 10. The molecule has 1 saturated carbocycles. The van der Waals surface area contributed by atoms with Crippen molar-refractivity contribution in [2.24, 2.45) is 0 Å². The van der Waals surface area contributed by atoms with Crippen molar-refractivity contribution in [2.75, 3.05) is 26.4 Å². The number of aliphatic hydroxyl groups is 9. The Bertz CT molecular complexity index is 2490. The van der Waals surface area contributed by atoms with Gasteiger partial charge in [0.15, 0.2) is 24.8 Å². The maximum atomic E-state index is 14.9. The molecule has 2 saturated heterocycles. The quantitative estimate of drug-likeness (QED) is 0.00889. The molecule has 3 aliphatic rings. The van der Waals surface area contributed by atoms with Gasteiger partial charge in [-0.2, -0.15) is 0 Å². The molecule has 3 fully saturated rings. The molecule has 674 valence electrons. The number of esters is 4. The third-order valence-corrected chi connectivity index (χ3v) is 23.4. The number of ether oxygens (including phenoxy) is 8. The van der Waals surface area contributed by atoms with Crippen LogP contribution in [0.25, 0.3) is 0 Å². The van der Waals surface area contributed by atoms with Crippen molar-refractivity contribution >= 4 is 31.7 Å². The third-order valence-electron chi connectivity index (χ3n) is 22.4. The Kier molecular flexibility index (Phi) is 63.2. The number of carbonyl (C=O) groups excluding carboxylic acids is 4. The zero-order chi connectivity index (χ0) is 84.0. The van der Waals surface area contributed by atoms with Crippen LogP contribution in [0.1, 0.15) is 387 Å².